The molecule has 0 bridgehead atoms. The third-order valence-electron chi connectivity index (χ3n) is 6.11. The van der Waals surface area contributed by atoms with Crippen molar-refractivity contribution in [2.75, 3.05) is 5.88 Å². The van der Waals surface area contributed by atoms with Gasteiger partial charge in [-0.3, -0.25) is 9.59 Å². The largest absolute Gasteiger partial charge is 0.351 e. The summed E-state index contributed by atoms with van der Waals surface area (Å²) in [6.07, 6.45) is 4.32. The predicted octanol–water partition coefficient (Wildman–Crippen LogP) is 5.65. The minimum Gasteiger partial charge on any atom is -0.351 e. The van der Waals surface area contributed by atoms with E-state index >= 15 is 0 Å². The molecule has 4 nitrogen and oxygen atoms in total. The van der Waals surface area contributed by atoms with E-state index in [-0.39, 0.29) is 30.3 Å². The van der Waals surface area contributed by atoms with Gasteiger partial charge >= 0.3 is 0 Å². The topological polar surface area (TPSA) is 49.4 Å². The lowest BCUT2D eigenvalue weighted by Crippen LogP contribution is -2.49. The fourth-order valence-electron chi connectivity index (χ4n) is 4.23. The second-order valence-electron chi connectivity index (χ2n) is 8.44. The number of aryl methyl sites for hydroxylation is 1. The van der Waals surface area contributed by atoms with Crippen molar-refractivity contribution in [1.82, 2.24) is 10.2 Å². The van der Waals surface area contributed by atoms with Crippen LogP contribution in [0.25, 0.3) is 0 Å². The number of nitrogens with one attached hydrogen (secondary N) is 1. The zero-order valence-electron chi connectivity index (χ0n) is 18.1. The standard InChI is InChI=1S/C25H30Cl2N2O2/c1-17-11-13-19(14-12-17)16-29(23(30)15-26)24(20-8-4-5-9-21(20)27)25(31)28-22-10-6-3-7-18(22)2/h4-5,8-9,11-14,18,22,24H,3,6-7,10,15-16H2,1-2H3,(H,28,31)/t18-,22-,24-/m0/s1. The van der Waals surface area contributed by atoms with Crippen LogP contribution in [0.3, 0.4) is 0 Å². The summed E-state index contributed by atoms with van der Waals surface area (Å²) in [5.74, 6) is -0.324. The van der Waals surface area contributed by atoms with E-state index in [1.54, 1.807) is 17.0 Å². The molecule has 0 unspecified atom stereocenters. The number of carbonyl (C=O) groups is 2. The molecule has 1 aliphatic carbocycles. The molecule has 3 atom stereocenters. The van der Waals surface area contributed by atoms with Gasteiger partial charge in [0.2, 0.25) is 11.8 Å². The maximum Gasteiger partial charge on any atom is 0.247 e. The first-order valence-corrected chi connectivity index (χ1v) is 11.8. The summed E-state index contributed by atoms with van der Waals surface area (Å²) in [7, 11) is 0. The Hall–Kier alpha value is -2.04. The van der Waals surface area contributed by atoms with Crippen LogP contribution in [0.15, 0.2) is 48.5 Å². The summed E-state index contributed by atoms with van der Waals surface area (Å²) in [4.78, 5) is 28.1. The van der Waals surface area contributed by atoms with E-state index in [4.69, 9.17) is 23.2 Å². The van der Waals surface area contributed by atoms with Crippen molar-refractivity contribution >= 4 is 35.0 Å². The number of benzene rings is 2. The molecule has 1 saturated carbocycles. The molecule has 0 aromatic heterocycles. The molecule has 6 heteroatoms. The van der Waals surface area contributed by atoms with Crippen molar-refractivity contribution in [1.29, 1.82) is 0 Å². The van der Waals surface area contributed by atoms with E-state index in [1.165, 1.54) is 6.42 Å². The average molecular weight is 461 g/mol. The van der Waals surface area contributed by atoms with Crippen molar-refractivity contribution in [2.45, 2.75) is 58.2 Å². The van der Waals surface area contributed by atoms with Gasteiger partial charge in [-0.25, -0.2) is 0 Å². The van der Waals surface area contributed by atoms with Gasteiger partial charge in [0.05, 0.1) is 0 Å². The van der Waals surface area contributed by atoms with Crippen molar-refractivity contribution in [2.24, 2.45) is 5.92 Å². The maximum absolute atomic E-state index is 13.6. The van der Waals surface area contributed by atoms with Gasteiger partial charge in [0.1, 0.15) is 11.9 Å². The Balaban J connectivity index is 1.97. The lowest BCUT2D eigenvalue weighted by Gasteiger charge is -2.35. The minimum atomic E-state index is -0.852. The van der Waals surface area contributed by atoms with Gasteiger partial charge < -0.3 is 10.2 Å². The smallest absolute Gasteiger partial charge is 0.247 e. The third-order valence-corrected chi connectivity index (χ3v) is 6.68. The molecular weight excluding hydrogens is 431 g/mol. The van der Waals surface area contributed by atoms with E-state index in [2.05, 4.69) is 12.2 Å². The second kappa shape index (κ2) is 11.0. The third kappa shape index (κ3) is 6.02. The van der Waals surface area contributed by atoms with E-state index in [9.17, 15) is 9.59 Å². The molecule has 166 valence electrons. The van der Waals surface area contributed by atoms with Crippen molar-refractivity contribution < 1.29 is 9.59 Å². The highest BCUT2D eigenvalue weighted by atomic mass is 35.5. The zero-order chi connectivity index (χ0) is 22.4. The van der Waals surface area contributed by atoms with Gasteiger partial charge in [0.15, 0.2) is 0 Å². The first kappa shape index (κ1) is 23.6. The van der Waals surface area contributed by atoms with Crippen LogP contribution >= 0.6 is 23.2 Å². The lowest BCUT2D eigenvalue weighted by atomic mass is 9.85. The Morgan fingerprint density at radius 2 is 1.77 bits per heavy atom. The SMILES string of the molecule is Cc1ccc(CN(C(=O)CCl)[C@H](C(=O)N[C@H]2CCCC[C@@H]2C)c2ccccc2Cl)cc1. The van der Waals surface area contributed by atoms with Gasteiger partial charge in [0.25, 0.3) is 0 Å². The fourth-order valence-corrected chi connectivity index (χ4v) is 4.62. The number of nitrogens with zero attached hydrogens (tertiary/aromatic N) is 1. The Morgan fingerprint density at radius 1 is 1.10 bits per heavy atom. The summed E-state index contributed by atoms with van der Waals surface area (Å²) >= 11 is 12.5. The second-order valence-corrected chi connectivity index (χ2v) is 9.12. The maximum atomic E-state index is 13.6. The average Bonchev–Trinajstić information content (AvgIpc) is 2.77. The molecule has 2 amide bonds. The summed E-state index contributed by atoms with van der Waals surface area (Å²) in [6, 6.07) is 14.4. The molecule has 0 spiro atoms. The van der Waals surface area contributed by atoms with Crippen LogP contribution in [0.1, 0.15) is 55.3 Å². The molecule has 1 N–H and O–H groups in total. The number of hydrogen-bond donors (Lipinski definition) is 1. The van der Waals surface area contributed by atoms with E-state index in [0.29, 0.717) is 16.5 Å². The molecule has 0 radical (unpaired) electrons. The van der Waals surface area contributed by atoms with Crippen LogP contribution in [0.4, 0.5) is 0 Å². The minimum absolute atomic E-state index is 0.0959. The molecular formula is C25H30Cl2N2O2. The molecule has 0 aliphatic heterocycles. The van der Waals surface area contributed by atoms with Gasteiger partial charge in [-0.1, -0.05) is 79.4 Å². The highest BCUT2D eigenvalue weighted by Crippen LogP contribution is 2.31. The number of rotatable bonds is 7. The molecule has 2 aromatic rings. The van der Waals surface area contributed by atoms with E-state index in [0.717, 1.165) is 30.4 Å². The van der Waals surface area contributed by atoms with Crippen LogP contribution < -0.4 is 5.32 Å². The predicted molar refractivity (Wildman–Crippen MR) is 126 cm³/mol. The molecule has 0 heterocycles. The Bertz CT molecular complexity index is 901. The summed E-state index contributed by atoms with van der Waals surface area (Å²) in [5.41, 5.74) is 2.67. The summed E-state index contributed by atoms with van der Waals surface area (Å²) < 4.78 is 0. The quantitative estimate of drug-likeness (QED) is 0.542. The molecule has 3 rings (SSSR count). The Kier molecular flexibility index (Phi) is 8.39. The first-order chi connectivity index (χ1) is 14.9. The number of halogens is 2. The van der Waals surface area contributed by atoms with Crippen molar-refractivity contribution in [3.8, 4) is 0 Å². The summed E-state index contributed by atoms with van der Waals surface area (Å²) in [6.45, 7) is 4.45. The molecule has 1 fully saturated rings. The van der Waals surface area contributed by atoms with Crippen LogP contribution in [0.5, 0.6) is 0 Å². The first-order valence-electron chi connectivity index (χ1n) is 10.9. The van der Waals surface area contributed by atoms with Crippen LogP contribution in [0, 0.1) is 12.8 Å². The molecule has 1 aliphatic rings. The number of amides is 2. The van der Waals surface area contributed by atoms with Crippen molar-refractivity contribution in [3.63, 3.8) is 0 Å². The van der Waals surface area contributed by atoms with Gasteiger partial charge in [-0.15, -0.1) is 11.6 Å². The highest BCUT2D eigenvalue weighted by Gasteiger charge is 2.34. The highest BCUT2D eigenvalue weighted by molar-refractivity contribution is 6.31. The monoisotopic (exact) mass is 460 g/mol. The normalized spacial score (nSPS) is 19.5. The van der Waals surface area contributed by atoms with Gasteiger partial charge in [0, 0.05) is 23.2 Å². The number of alkyl halides is 1. The number of hydrogen-bond acceptors (Lipinski definition) is 2. The fraction of sp³-hybridized carbons (Fsp3) is 0.440. The molecule has 2 aromatic carbocycles. The lowest BCUT2D eigenvalue weighted by molar-refractivity contribution is -0.140. The van der Waals surface area contributed by atoms with E-state index in [1.807, 2.05) is 43.3 Å². The zero-order valence-corrected chi connectivity index (χ0v) is 19.6. The van der Waals surface area contributed by atoms with Crippen molar-refractivity contribution in [3.05, 3.63) is 70.2 Å². The summed E-state index contributed by atoms with van der Waals surface area (Å²) in [5, 5.41) is 3.67. The van der Waals surface area contributed by atoms with Crippen LogP contribution in [-0.2, 0) is 16.1 Å². The van der Waals surface area contributed by atoms with Crippen LogP contribution in [-0.4, -0.2) is 28.6 Å². The molecule has 31 heavy (non-hydrogen) atoms. The molecule has 0 saturated heterocycles. The Labute approximate surface area is 194 Å². The van der Waals surface area contributed by atoms with E-state index < -0.39 is 6.04 Å². The Morgan fingerprint density at radius 3 is 2.42 bits per heavy atom. The van der Waals surface area contributed by atoms with Crippen LogP contribution in [0.2, 0.25) is 5.02 Å². The van der Waals surface area contributed by atoms with Gasteiger partial charge in [-0.05, 0) is 37.3 Å². The van der Waals surface area contributed by atoms with Gasteiger partial charge in [-0.2, -0.15) is 0 Å². The number of carbonyl (C=O) groups excluding carboxylic acids is 2.